The summed E-state index contributed by atoms with van der Waals surface area (Å²) in [6.45, 7) is 3.04. The molecular formula is C17H18N2O2. The molecule has 108 valence electrons. The molecule has 0 N–H and O–H groups in total. The third kappa shape index (κ3) is 3.77. The summed E-state index contributed by atoms with van der Waals surface area (Å²) in [4.78, 5) is 0. The number of unbranched alkanes of at least 4 members (excludes halogenated alkanes) is 1. The Morgan fingerprint density at radius 3 is 2.29 bits per heavy atom. The molecule has 4 heteroatoms. The molecule has 1 aliphatic rings. The fourth-order valence-corrected chi connectivity index (χ4v) is 2.23. The van der Waals surface area contributed by atoms with Crippen molar-refractivity contribution in [1.82, 2.24) is 0 Å². The van der Waals surface area contributed by atoms with Gasteiger partial charge in [-0.15, -0.1) is 0 Å². The largest absolute Gasteiger partial charge is 0.463 e. The standard InChI is InChI=1S/C17H18N2O2/c1-2-3-4-13-5-7-14(8-6-13)16-11-20-17(21-12-16)15(9-18)10-19/h5-8,16H,2-4,11-12H2,1H3. The first-order valence-corrected chi connectivity index (χ1v) is 7.17. The molecule has 4 nitrogen and oxygen atoms in total. The van der Waals surface area contributed by atoms with E-state index in [0.717, 1.165) is 12.0 Å². The molecule has 1 aromatic rings. The smallest absolute Gasteiger partial charge is 0.309 e. The van der Waals surface area contributed by atoms with Crippen LogP contribution in [0.5, 0.6) is 0 Å². The molecule has 2 rings (SSSR count). The number of aryl methyl sites for hydroxylation is 1. The molecule has 0 amide bonds. The molecule has 0 bridgehead atoms. The number of allylic oxidation sites excluding steroid dienone is 1. The van der Waals surface area contributed by atoms with E-state index in [9.17, 15) is 0 Å². The van der Waals surface area contributed by atoms with Crippen molar-refractivity contribution >= 4 is 0 Å². The zero-order valence-electron chi connectivity index (χ0n) is 12.1. The van der Waals surface area contributed by atoms with Crippen molar-refractivity contribution in [3.8, 4) is 12.1 Å². The van der Waals surface area contributed by atoms with Crippen molar-refractivity contribution in [1.29, 1.82) is 10.5 Å². The Morgan fingerprint density at radius 2 is 1.76 bits per heavy atom. The van der Waals surface area contributed by atoms with Gasteiger partial charge >= 0.3 is 5.95 Å². The molecule has 1 fully saturated rings. The van der Waals surface area contributed by atoms with Crippen LogP contribution in [0.25, 0.3) is 0 Å². The lowest BCUT2D eigenvalue weighted by atomic mass is 9.98. The van der Waals surface area contributed by atoms with Crippen LogP contribution in [0.3, 0.4) is 0 Å². The second kappa shape index (κ2) is 7.36. The summed E-state index contributed by atoms with van der Waals surface area (Å²) in [6, 6.07) is 12.0. The van der Waals surface area contributed by atoms with Crippen molar-refractivity contribution < 1.29 is 9.47 Å². The van der Waals surface area contributed by atoms with Gasteiger partial charge in [0.15, 0.2) is 0 Å². The molecular weight excluding hydrogens is 264 g/mol. The lowest BCUT2D eigenvalue weighted by Gasteiger charge is -2.25. The Bertz CT molecular complexity index is 565. The van der Waals surface area contributed by atoms with Gasteiger partial charge < -0.3 is 9.47 Å². The van der Waals surface area contributed by atoms with Crippen molar-refractivity contribution in [2.45, 2.75) is 32.1 Å². The highest BCUT2D eigenvalue weighted by Gasteiger charge is 2.23. The maximum atomic E-state index is 8.77. The fourth-order valence-electron chi connectivity index (χ4n) is 2.23. The molecule has 0 radical (unpaired) electrons. The number of ether oxygens (including phenoxy) is 2. The van der Waals surface area contributed by atoms with Gasteiger partial charge in [0, 0.05) is 0 Å². The normalized spacial score (nSPS) is 17.1. The van der Waals surface area contributed by atoms with E-state index in [-0.39, 0.29) is 17.4 Å². The minimum atomic E-state index is -0.108. The molecule has 0 spiro atoms. The first kappa shape index (κ1) is 14.9. The van der Waals surface area contributed by atoms with E-state index in [1.807, 2.05) is 0 Å². The summed E-state index contributed by atoms with van der Waals surface area (Å²) in [6.07, 6.45) is 3.50. The van der Waals surface area contributed by atoms with E-state index in [4.69, 9.17) is 20.0 Å². The van der Waals surface area contributed by atoms with Crippen molar-refractivity contribution in [3.05, 3.63) is 46.9 Å². The second-order valence-corrected chi connectivity index (χ2v) is 5.05. The Morgan fingerprint density at radius 1 is 1.14 bits per heavy atom. The minimum absolute atomic E-state index is 0.0517. The summed E-state index contributed by atoms with van der Waals surface area (Å²) < 4.78 is 10.8. The Kier molecular flexibility index (Phi) is 5.23. The van der Waals surface area contributed by atoms with Gasteiger partial charge in [-0.2, -0.15) is 10.5 Å². The van der Waals surface area contributed by atoms with Gasteiger partial charge in [0.25, 0.3) is 0 Å². The predicted octanol–water partition coefficient (Wildman–Crippen LogP) is 3.42. The van der Waals surface area contributed by atoms with E-state index in [0.29, 0.717) is 13.2 Å². The highest BCUT2D eigenvalue weighted by atomic mass is 16.7. The van der Waals surface area contributed by atoms with Crippen LogP contribution < -0.4 is 0 Å². The van der Waals surface area contributed by atoms with Crippen LogP contribution in [0.4, 0.5) is 0 Å². The van der Waals surface area contributed by atoms with Crippen LogP contribution in [0.15, 0.2) is 35.8 Å². The third-order valence-corrected chi connectivity index (χ3v) is 3.53. The van der Waals surface area contributed by atoms with Gasteiger partial charge in [0.1, 0.15) is 25.4 Å². The van der Waals surface area contributed by atoms with Gasteiger partial charge in [-0.25, -0.2) is 0 Å². The fraction of sp³-hybridized carbons (Fsp3) is 0.412. The van der Waals surface area contributed by atoms with E-state index >= 15 is 0 Å². The number of nitriles is 2. The van der Waals surface area contributed by atoms with E-state index in [1.165, 1.54) is 18.4 Å². The van der Waals surface area contributed by atoms with Crippen LogP contribution in [-0.2, 0) is 15.9 Å². The van der Waals surface area contributed by atoms with Crippen molar-refractivity contribution in [2.24, 2.45) is 0 Å². The number of hydrogen-bond donors (Lipinski definition) is 0. The number of hydrogen-bond acceptors (Lipinski definition) is 4. The molecule has 0 unspecified atom stereocenters. The zero-order valence-corrected chi connectivity index (χ0v) is 12.1. The van der Waals surface area contributed by atoms with Crippen molar-refractivity contribution in [3.63, 3.8) is 0 Å². The SMILES string of the molecule is CCCCc1ccc(C2COC(=C(C#N)C#N)OC2)cc1. The Labute approximate surface area is 125 Å². The van der Waals surface area contributed by atoms with Gasteiger partial charge in [0.2, 0.25) is 5.57 Å². The Balaban J connectivity index is 1.98. The molecule has 1 heterocycles. The lowest BCUT2D eigenvalue weighted by Crippen LogP contribution is -2.22. The maximum absolute atomic E-state index is 8.77. The Hall–Kier alpha value is -2.46. The zero-order chi connectivity index (χ0) is 15.1. The first-order valence-electron chi connectivity index (χ1n) is 7.17. The molecule has 0 saturated carbocycles. The van der Waals surface area contributed by atoms with Gasteiger partial charge in [-0.1, -0.05) is 37.6 Å². The number of nitrogens with zero attached hydrogens (tertiary/aromatic N) is 2. The lowest BCUT2D eigenvalue weighted by molar-refractivity contribution is -0.0295. The molecule has 0 atom stereocenters. The quantitative estimate of drug-likeness (QED) is 0.794. The molecule has 1 saturated heterocycles. The monoisotopic (exact) mass is 282 g/mol. The van der Waals surface area contributed by atoms with E-state index in [1.54, 1.807) is 12.1 Å². The molecule has 0 aliphatic carbocycles. The van der Waals surface area contributed by atoms with Gasteiger partial charge in [-0.3, -0.25) is 0 Å². The van der Waals surface area contributed by atoms with E-state index in [2.05, 4.69) is 31.2 Å². The average molecular weight is 282 g/mol. The van der Waals surface area contributed by atoms with Crippen LogP contribution in [0, 0.1) is 22.7 Å². The number of rotatable bonds is 4. The summed E-state index contributed by atoms with van der Waals surface area (Å²) in [5.41, 5.74) is 2.39. The molecule has 21 heavy (non-hydrogen) atoms. The summed E-state index contributed by atoms with van der Waals surface area (Å²) >= 11 is 0. The van der Waals surface area contributed by atoms with Gasteiger partial charge in [0.05, 0.1) is 5.92 Å². The van der Waals surface area contributed by atoms with Gasteiger partial charge in [-0.05, 0) is 24.0 Å². The maximum Gasteiger partial charge on any atom is 0.309 e. The van der Waals surface area contributed by atoms with Crippen LogP contribution in [0.1, 0.15) is 36.8 Å². The second-order valence-electron chi connectivity index (χ2n) is 5.05. The summed E-state index contributed by atoms with van der Waals surface area (Å²) in [7, 11) is 0. The van der Waals surface area contributed by atoms with Crippen LogP contribution >= 0.6 is 0 Å². The highest BCUT2D eigenvalue weighted by Crippen LogP contribution is 2.25. The van der Waals surface area contributed by atoms with Crippen LogP contribution in [0.2, 0.25) is 0 Å². The molecule has 0 aromatic heterocycles. The summed E-state index contributed by atoms with van der Waals surface area (Å²) in [5.74, 6) is 0.184. The van der Waals surface area contributed by atoms with Crippen molar-refractivity contribution in [2.75, 3.05) is 13.2 Å². The first-order chi connectivity index (χ1) is 10.3. The molecule has 1 aromatic carbocycles. The van der Waals surface area contributed by atoms with Crippen LogP contribution in [-0.4, -0.2) is 13.2 Å². The third-order valence-electron chi connectivity index (χ3n) is 3.53. The summed E-state index contributed by atoms with van der Waals surface area (Å²) in [5, 5.41) is 17.5. The average Bonchev–Trinajstić information content (AvgIpc) is 2.55. The number of benzene rings is 1. The topological polar surface area (TPSA) is 66.0 Å². The minimum Gasteiger partial charge on any atom is -0.463 e. The molecule has 1 aliphatic heterocycles. The predicted molar refractivity (Wildman–Crippen MR) is 78.0 cm³/mol. The van der Waals surface area contributed by atoms with E-state index < -0.39 is 0 Å². The highest BCUT2D eigenvalue weighted by molar-refractivity contribution is 5.36.